The second-order valence-electron chi connectivity index (χ2n) is 7.19. The number of amides is 1. The Labute approximate surface area is 169 Å². The molecule has 1 aromatic carbocycles. The van der Waals surface area contributed by atoms with Crippen molar-refractivity contribution in [2.75, 3.05) is 12.8 Å². The summed E-state index contributed by atoms with van der Waals surface area (Å²) in [5, 5.41) is 2.86. The van der Waals surface area contributed by atoms with E-state index < -0.39 is 16.1 Å². The Bertz CT molecular complexity index is 912. The molecule has 0 spiro atoms. The summed E-state index contributed by atoms with van der Waals surface area (Å²) < 4.78 is 31.5. The summed E-state index contributed by atoms with van der Waals surface area (Å²) in [5.41, 5.74) is 1.87. The summed E-state index contributed by atoms with van der Waals surface area (Å²) in [4.78, 5) is 18.8. The summed E-state index contributed by atoms with van der Waals surface area (Å²) in [5.74, 6) is 0. The number of nitrogens with zero attached hydrogens (tertiary/aromatic N) is 2. The van der Waals surface area contributed by atoms with E-state index in [2.05, 4.69) is 4.72 Å². The number of rotatable bonds is 6. The van der Waals surface area contributed by atoms with Gasteiger partial charge in [0.25, 0.3) is 0 Å². The van der Waals surface area contributed by atoms with Crippen LogP contribution in [0, 0.1) is 0 Å². The van der Waals surface area contributed by atoms with Crippen LogP contribution in [0.1, 0.15) is 26.0 Å². The number of hydrogen-bond acceptors (Lipinski definition) is 6. The van der Waals surface area contributed by atoms with Gasteiger partial charge in [0.1, 0.15) is 5.01 Å². The zero-order valence-electron chi connectivity index (χ0n) is 16.2. The number of nitrogens with one attached hydrogen (secondary N) is 1. The number of likely N-dealkylation sites (tertiary alicyclic amines) is 1. The normalized spacial score (nSPS) is 19.9. The molecule has 3 rings (SSSR count). The molecule has 2 aromatic rings. The molecule has 0 saturated carbocycles. The zero-order valence-corrected chi connectivity index (χ0v) is 17.8. The van der Waals surface area contributed by atoms with Crippen LogP contribution in [-0.2, 0) is 21.2 Å². The highest BCUT2D eigenvalue weighted by molar-refractivity contribution is 7.88. The molecule has 2 atom stereocenters. The van der Waals surface area contributed by atoms with Crippen molar-refractivity contribution in [2.24, 2.45) is 0 Å². The predicted molar refractivity (Wildman–Crippen MR) is 110 cm³/mol. The van der Waals surface area contributed by atoms with Gasteiger partial charge in [-0.1, -0.05) is 30.3 Å². The standard InChI is InChI=1S/C19H25N3O4S2/c1-13(2)26-19(23)22-10-9-16(21-28(3,24)25)17(22)11-15-12-27-18(20-15)14-7-5-4-6-8-14/h4-8,12-13,16-17,21H,9-11H2,1-3H3/t16-,17-/m1/s1. The van der Waals surface area contributed by atoms with Crippen molar-refractivity contribution in [1.82, 2.24) is 14.6 Å². The van der Waals surface area contributed by atoms with Crippen LogP contribution >= 0.6 is 11.3 Å². The van der Waals surface area contributed by atoms with Crippen LogP contribution in [0.4, 0.5) is 4.79 Å². The Hall–Kier alpha value is -1.97. The maximum Gasteiger partial charge on any atom is 0.410 e. The van der Waals surface area contributed by atoms with Gasteiger partial charge in [-0.25, -0.2) is 22.9 Å². The minimum absolute atomic E-state index is 0.237. The molecule has 2 heterocycles. The van der Waals surface area contributed by atoms with Crippen LogP contribution in [0.3, 0.4) is 0 Å². The molecular weight excluding hydrogens is 398 g/mol. The third-order valence-electron chi connectivity index (χ3n) is 4.47. The van der Waals surface area contributed by atoms with Gasteiger partial charge in [0.15, 0.2) is 0 Å². The third kappa shape index (κ3) is 5.30. The van der Waals surface area contributed by atoms with Crippen molar-refractivity contribution in [1.29, 1.82) is 0 Å². The van der Waals surface area contributed by atoms with Crippen molar-refractivity contribution in [2.45, 2.75) is 44.9 Å². The number of thiazole rings is 1. The smallest absolute Gasteiger partial charge is 0.410 e. The maximum absolute atomic E-state index is 12.5. The molecule has 7 nitrogen and oxygen atoms in total. The molecular formula is C19H25N3O4S2. The summed E-state index contributed by atoms with van der Waals surface area (Å²) in [6, 6.07) is 9.17. The average Bonchev–Trinajstić information content (AvgIpc) is 3.22. The highest BCUT2D eigenvalue weighted by Gasteiger charge is 2.39. The van der Waals surface area contributed by atoms with Crippen molar-refractivity contribution < 1.29 is 17.9 Å². The quantitative estimate of drug-likeness (QED) is 0.772. The van der Waals surface area contributed by atoms with Crippen LogP contribution < -0.4 is 4.72 Å². The van der Waals surface area contributed by atoms with Gasteiger partial charge in [-0.3, -0.25) is 0 Å². The third-order valence-corrected chi connectivity index (χ3v) is 6.14. The molecule has 0 bridgehead atoms. The first-order valence-electron chi connectivity index (χ1n) is 9.17. The Morgan fingerprint density at radius 3 is 2.71 bits per heavy atom. The Kier molecular flexibility index (Phi) is 6.36. The summed E-state index contributed by atoms with van der Waals surface area (Å²) >= 11 is 1.54. The molecule has 0 radical (unpaired) electrons. The number of ether oxygens (including phenoxy) is 1. The number of benzene rings is 1. The fourth-order valence-corrected chi connectivity index (χ4v) is 5.01. The summed E-state index contributed by atoms with van der Waals surface area (Å²) in [6.45, 7) is 4.03. The minimum atomic E-state index is -3.39. The minimum Gasteiger partial charge on any atom is -0.447 e. The van der Waals surface area contributed by atoms with Crippen LogP contribution in [-0.4, -0.2) is 55.4 Å². The molecule has 1 amide bonds. The van der Waals surface area contributed by atoms with Crippen LogP contribution in [0.5, 0.6) is 0 Å². The number of sulfonamides is 1. The first-order valence-corrected chi connectivity index (χ1v) is 11.9. The first kappa shape index (κ1) is 20.8. The highest BCUT2D eigenvalue weighted by Crippen LogP contribution is 2.27. The van der Waals surface area contributed by atoms with E-state index in [1.165, 1.54) is 11.3 Å². The maximum atomic E-state index is 12.5. The molecule has 28 heavy (non-hydrogen) atoms. The van der Waals surface area contributed by atoms with Gasteiger partial charge >= 0.3 is 6.09 Å². The molecule has 1 aliphatic heterocycles. The van der Waals surface area contributed by atoms with Gasteiger partial charge in [0.05, 0.1) is 24.1 Å². The largest absolute Gasteiger partial charge is 0.447 e. The molecule has 1 fully saturated rings. The SMILES string of the molecule is CC(C)OC(=O)N1CC[C@@H](NS(C)(=O)=O)[C@H]1Cc1csc(-c2ccccc2)n1. The van der Waals surface area contributed by atoms with Gasteiger partial charge in [-0.15, -0.1) is 11.3 Å². The molecule has 152 valence electrons. The first-order chi connectivity index (χ1) is 13.2. The molecule has 0 aliphatic carbocycles. The highest BCUT2D eigenvalue weighted by atomic mass is 32.2. The van der Waals surface area contributed by atoms with Crippen molar-refractivity contribution >= 4 is 27.5 Å². The Balaban J connectivity index is 1.81. The second-order valence-corrected chi connectivity index (χ2v) is 9.83. The van der Waals surface area contributed by atoms with Crippen molar-refractivity contribution in [3.63, 3.8) is 0 Å². The lowest BCUT2D eigenvalue weighted by molar-refractivity contribution is 0.0718. The average molecular weight is 424 g/mol. The fraction of sp³-hybridized carbons (Fsp3) is 0.474. The number of carbonyl (C=O) groups is 1. The van der Waals surface area contributed by atoms with E-state index in [-0.39, 0.29) is 18.2 Å². The number of hydrogen-bond donors (Lipinski definition) is 1. The lowest BCUT2D eigenvalue weighted by Gasteiger charge is -2.28. The van der Waals surface area contributed by atoms with Gasteiger partial charge in [0, 0.05) is 30.0 Å². The lowest BCUT2D eigenvalue weighted by atomic mass is 10.1. The molecule has 1 N–H and O–H groups in total. The Morgan fingerprint density at radius 2 is 2.07 bits per heavy atom. The fourth-order valence-electron chi connectivity index (χ4n) is 3.34. The molecule has 1 aliphatic rings. The van der Waals surface area contributed by atoms with Crippen LogP contribution in [0.2, 0.25) is 0 Å². The van der Waals surface area contributed by atoms with Gasteiger partial charge in [-0.2, -0.15) is 0 Å². The topological polar surface area (TPSA) is 88.6 Å². The van der Waals surface area contributed by atoms with Gasteiger partial charge in [0.2, 0.25) is 10.0 Å². The number of aromatic nitrogens is 1. The summed E-state index contributed by atoms with van der Waals surface area (Å²) in [7, 11) is -3.39. The van der Waals surface area contributed by atoms with E-state index in [1.807, 2.05) is 35.7 Å². The molecule has 1 aromatic heterocycles. The Morgan fingerprint density at radius 1 is 1.36 bits per heavy atom. The zero-order chi connectivity index (χ0) is 20.3. The monoisotopic (exact) mass is 423 g/mol. The van der Waals surface area contributed by atoms with Gasteiger partial charge in [-0.05, 0) is 20.3 Å². The van der Waals surface area contributed by atoms with E-state index in [4.69, 9.17) is 9.72 Å². The van der Waals surface area contributed by atoms with E-state index in [0.29, 0.717) is 19.4 Å². The van der Waals surface area contributed by atoms with E-state index in [9.17, 15) is 13.2 Å². The lowest BCUT2D eigenvalue weighted by Crippen LogP contribution is -2.48. The predicted octanol–water partition coefficient (Wildman–Crippen LogP) is 2.89. The van der Waals surface area contributed by atoms with Crippen molar-refractivity contribution in [3.8, 4) is 10.6 Å². The van der Waals surface area contributed by atoms with Crippen LogP contribution in [0.15, 0.2) is 35.7 Å². The van der Waals surface area contributed by atoms with Gasteiger partial charge < -0.3 is 9.64 Å². The summed E-state index contributed by atoms with van der Waals surface area (Å²) in [6.07, 6.45) is 1.48. The van der Waals surface area contributed by atoms with E-state index in [1.54, 1.807) is 18.7 Å². The molecule has 0 unspecified atom stereocenters. The number of carbonyl (C=O) groups excluding carboxylic acids is 1. The van der Waals surface area contributed by atoms with Crippen LogP contribution in [0.25, 0.3) is 10.6 Å². The van der Waals surface area contributed by atoms with Crippen molar-refractivity contribution in [3.05, 3.63) is 41.4 Å². The van der Waals surface area contributed by atoms with E-state index >= 15 is 0 Å². The second kappa shape index (κ2) is 8.59. The van der Waals surface area contributed by atoms with E-state index in [0.717, 1.165) is 22.5 Å². The molecule has 1 saturated heterocycles. The molecule has 9 heteroatoms.